The van der Waals surface area contributed by atoms with Crippen LogP contribution in [0.25, 0.3) is 0 Å². The van der Waals surface area contributed by atoms with Gasteiger partial charge in [-0.2, -0.15) is 0 Å². The highest BCUT2D eigenvalue weighted by Gasteiger charge is 2.11. The highest BCUT2D eigenvalue weighted by atomic mass is 79.9. The van der Waals surface area contributed by atoms with Crippen molar-refractivity contribution in [1.29, 1.82) is 0 Å². The summed E-state index contributed by atoms with van der Waals surface area (Å²) >= 11 is 3.47. The predicted molar refractivity (Wildman–Crippen MR) is 101 cm³/mol. The molecule has 25 heavy (non-hydrogen) atoms. The number of benzene rings is 2. The van der Waals surface area contributed by atoms with Gasteiger partial charge in [-0.25, -0.2) is 4.79 Å². The normalized spacial score (nSPS) is 11.4. The van der Waals surface area contributed by atoms with Gasteiger partial charge < -0.3 is 16.0 Å². The molecule has 2 aromatic carbocycles. The van der Waals surface area contributed by atoms with E-state index in [2.05, 4.69) is 31.9 Å². The van der Waals surface area contributed by atoms with Gasteiger partial charge in [0.05, 0.1) is 11.0 Å². The topological polar surface area (TPSA) is 96.3 Å². The fourth-order valence-corrected chi connectivity index (χ4v) is 2.86. The minimum absolute atomic E-state index is 0.0455. The number of amides is 2. The van der Waals surface area contributed by atoms with Gasteiger partial charge in [-0.15, -0.1) is 0 Å². The molecule has 0 heterocycles. The van der Waals surface area contributed by atoms with Crippen LogP contribution in [0.5, 0.6) is 0 Å². The number of nitrogens with one attached hydrogen (secondary N) is 3. The molecule has 0 aromatic heterocycles. The van der Waals surface area contributed by atoms with Crippen molar-refractivity contribution in [3.63, 3.8) is 0 Å². The van der Waals surface area contributed by atoms with Crippen LogP contribution in [0.2, 0.25) is 0 Å². The fraction of sp³-hybridized carbons (Fsp3) is 0.235. The Morgan fingerprint density at radius 3 is 2.48 bits per heavy atom. The van der Waals surface area contributed by atoms with Gasteiger partial charge in [-0.05, 0) is 30.7 Å². The molecule has 0 aliphatic heterocycles. The molecule has 2 aromatic rings. The second-order valence-electron chi connectivity index (χ2n) is 5.37. The van der Waals surface area contributed by atoms with E-state index in [1.807, 2.05) is 31.2 Å². The minimum Gasteiger partial charge on any atom is -0.383 e. The summed E-state index contributed by atoms with van der Waals surface area (Å²) in [6, 6.07) is 13.5. The summed E-state index contributed by atoms with van der Waals surface area (Å²) in [7, 11) is 0. The lowest BCUT2D eigenvalue weighted by Crippen LogP contribution is -2.39. The van der Waals surface area contributed by atoms with E-state index in [0.717, 1.165) is 15.7 Å². The molecule has 8 heteroatoms. The first kappa shape index (κ1) is 18.7. The quantitative estimate of drug-likeness (QED) is 0.369. The lowest BCUT2D eigenvalue weighted by atomic mass is 10.1. The highest BCUT2D eigenvalue weighted by molar-refractivity contribution is 9.10. The molecule has 0 spiro atoms. The van der Waals surface area contributed by atoms with Crippen LogP contribution >= 0.6 is 15.9 Å². The van der Waals surface area contributed by atoms with Gasteiger partial charge in [-0.1, -0.05) is 34.1 Å². The number of halogens is 1. The van der Waals surface area contributed by atoms with Gasteiger partial charge in [0.1, 0.15) is 0 Å². The third kappa shape index (κ3) is 5.75. The number of anilines is 1. The zero-order valence-electron chi connectivity index (χ0n) is 13.7. The number of urea groups is 1. The Kier molecular flexibility index (Phi) is 6.76. The molecule has 2 rings (SSSR count). The second-order valence-corrected chi connectivity index (χ2v) is 6.23. The summed E-state index contributed by atoms with van der Waals surface area (Å²) in [5, 5.41) is 19.3. The molecule has 1 unspecified atom stereocenters. The third-order valence-electron chi connectivity index (χ3n) is 3.54. The van der Waals surface area contributed by atoms with Crippen LogP contribution in [-0.4, -0.2) is 24.0 Å². The lowest BCUT2D eigenvalue weighted by Gasteiger charge is -2.16. The molecule has 132 valence electrons. The number of hydrogen-bond donors (Lipinski definition) is 3. The maximum Gasteiger partial charge on any atom is 0.315 e. The van der Waals surface area contributed by atoms with Crippen molar-refractivity contribution in [2.75, 3.05) is 18.4 Å². The Labute approximate surface area is 154 Å². The molecule has 0 aliphatic rings. The highest BCUT2D eigenvalue weighted by Crippen LogP contribution is 2.22. The summed E-state index contributed by atoms with van der Waals surface area (Å²) in [5.41, 5.74) is 1.81. The van der Waals surface area contributed by atoms with Crippen molar-refractivity contribution in [3.05, 3.63) is 68.7 Å². The Morgan fingerprint density at radius 2 is 1.84 bits per heavy atom. The second kappa shape index (κ2) is 9.03. The van der Waals surface area contributed by atoms with Crippen molar-refractivity contribution in [2.24, 2.45) is 0 Å². The van der Waals surface area contributed by atoms with E-state index in [1.165, 1.54) is 12.1 Å². The molecule has 7 nitrogen and oxygen atoms in total. The van der Waals surface area contributed by atoms with E-state index in [0.29, 0.717) is 13.1 Å². The zero-order valence-corrected chi connectivity index (χ0v) is 15.2. The minimum atomic E-state index is -0.443. The molecular weight excluding hydrogens is 388 g/mol. The maximum atomic E-state index is 11.9. The summed E-state index contributed by atoms with van der Waals surface area (Å²) in [5.74, 6) is 0. The van der Waals surface area contributed by atoms with Crippen LogP contribution in [-0.2, 0) is 0 Å². The molecule has 1 atom stereocenters. The molecule has 0 fully saturated rings. The van der Waals surface area contributed by atoms with Crippen LogP contribution in [0.1, 0.15) is 18.5 Å². The first-order valence-electron chi connectivity index (χ1n) is 7.74. The molecule has 3 N–H and O–H groups in total. The van der Waals surface area contributed by atoms with E-state index in [9.17, 15) is 14.9 Å². The van der Waals surface area contributed by atoms with E-state index in [1.54, 1.807) is 12.1 Å². The average molecular weight is 407 g/mol. The van der Waals surface area contributed by atoms with Crippen LogP contribution in [0.4, 0.5) is 16.2 Å². The number of non-ortho nitro benzene ring substituents is 1. The maximum absolute atomic E-state index is 11.9. The Hall–Kier alpha value is -2.61. The van der Waals surface area contributed by atoms with Crippen molar-refractivity contribution in [1.82, 2.24) is 10.6 Å². The summed E-state index contributed by atoms with van der Waals surface area (Å²) in [6.45, 7) is 2.84. The van der Waals surface area contributed by atoms with Crippen LogP contribution in [0, 0.1) is 10.1 Å². The van der Waals surface area contributed by atoms with Gasteiger partial charge in [0.15, 0.2) is 0 Å². The molecule has 0 saturated heterocycles. The number of hydrogen-bond acceptors (Lipinski definition) is 4. The van der Waals surface area contributed by atoms with Crippen molar-refractivity contribution < 1.29 is 9.72 Å². The number of carbonyl (C=O) groups excluding carboxylic acids is 1. The molecule has 0 radical (unpaired) electrons. The third-order valence-corrected chi connectivity index (χ3v) is 4.26. The molecule has 0 bridgehead atoms. The SMILES string of the molecule is CC(NC(=O)NCCNc1ccc([N+](=O)[O-])cc1)c1ccccc1Br. The van der Waals surface area contributed by atoms with Gasteiger partial charge in [0, 0.05) is 35.4 Å². The van der Waals surface area contributed by atoms with E-state index in [4.69, 9.17) is 0 Å². The molecule has 2 amide bonds. The molecular formula is C17H19BrN4O3. The Bertz CT molecular complexity index is 737. The number of nitro benzene ring substituents is 1. The monoisotopic (exact) mass is 406 g/mol. The number of rotatable bonds is 7. The van der Waals surface area contributed by atoms with Crippen molar-refractivity contribution >= 4 is 33.3 Å². The van der Waals surface area contributed by atoms with E-state index >= 15 is 0 Å². The van der Waals surface area contributed by atoms with Gasteiger partial charge in [-0.3, -0.25) is 10.1 Å². The van der Waals surface area contributed by atoms with Crippen molar-refractivity contribution in [2.45, 2.75) is 13.0 Å². The first-order chi connectivity index (χ1) is 12.0. The molecule has 0 aliphatic carbocycles. The number of carbonyl (C=O) groups is 1. The zero-order chi connectivity index (χ0) is 18.2. The Balaban J connectivity index is 1.71. The van der Waals surface area contributed by atoms with Gasteiger partial charge in [0.25, 0.3) is 5.69 Å². The van der Waals surface area contributed by atoms with E-state index in [-0.39, 0.29) is 17.8 Å². The first-order valence-corrected chi connectivity index (χ1v) is 8.54. The lowest BCUT2D eigenvalue weighted by molar-refractivity contribution is -0.384. The summed E-state index contributed by atoms with van der Waals surface area (Å²) < 4.78 is 0.947. The fourth-order valence-electron chi connectivity index (χ4n) is 2.24. The molecule has 0 saturated carbocycles. The largest absolute Gasteiger partial charge is 0.383 e. The Morgan fingerprint density at radius 1 is 1.16 bits per heavy atom. The predicted octanol–water partition coefficient (Wildman–Crippen LogP) is 3.83. The standard InChI is InChI=1S/C17H19BrN4O3/c1-12(15-4-2-3-5-16(15)18)21-17(23)20-11-10-19-13-6-8-14(9-7-13)22(24)25/h2-9,12,19H,10-11H2,1H3,(H2,20,21,23). The van der Waals surface area contributed by atoms with Gasteiger partial charge in [0.2, 0.25) is 0 Å². The van der Waals surface area contributed by atoms with Crippen molar-refractivity contribution in [3.8, 4) is 0 Å². The van der Waals surface area contributed by atoms with Crippen LogP contribution in [0.15, 0.2) is 53.0 Å². The van der Waals surface area contributed by atoms with Crippen LogP contribution in [0.3, 0.4) is 0 Å². The average Bonchev–Trinajstić information content (AvgIpc) is 2.59. The number of nitrogens with zero attached hydrogens (tertiary/aromatic N) is 1. The smallest absolute Gasteiger partial charge is 0.315 e. The van der Waals surface area contributed by atoms with Gasteiger partial charge >= 0.3 is 6.03 Å². The summed E-state index contributed by atoms with van der Waals surface area (Å²) in [4.78, 5) is 22.1. The summed E-state index contributed by atoms with van der Waals surface area (Å²) in [6.07, 6.45) is 0. The van der Waals surface area contributed by atoms with Crippen LogP contribution < -0.4 is 16.0 Å². The van der Waals surface area contributed by atoms with E-state index < -0.39 is 4.92 Å². The number of nitro groups is 1.